The number of aromatic nitrogens is 6. The molecule has 3 aromatic carbocycles. The molecule has 0 spiro atoms. The van der Waals surface area contributed by atoms with Crippen molar-refractivity contribution in [2.45, 2.75) is 59.3 Å². The maximum Gasteiger partial charge on any atom is 0.131 e. The van der Waals surface area contributed by atoms with Crippen LogP contribution in [0.3, 0.4) is 0 Å². The third kappa shape index (κ3) is 7.38. The number of rotatable bonds is 3. The first-order chi connectivity index (χ1) is 18.8. The highest BCUT2D eigenvalue weighted by molar-refractivity contribution is 5.79. The number of nitrogens with zero attached hydrogens (tertiary/aromatic N) is 6. The van der Waals surface area contributed by atoms with Crippen LogP contribution in [-0.4, -0.2) is 30.1 Å². The standard InChI is InChI=1S/3C11H12N2/c1-8(2)9-3-4-10-6-12-7-13-11(10)5-9;1-8(2)10-4-3-9-5-6-12-13-11(9)7-10;1-8(2)11-12-7-9-5-3-4-6-10(9)13-11/h3*3-8H,1-2H3. The van der Waals surface area contributed by atoms with E-state index in [2.05, 4.69) is 108 Å². The topological polar surface area (TPSA) is 77.3 Å². The van der Waals surface area contributed by atoms with Gasteiger partial charge in [-0.05, 0) is 47.2 Å². The molecule has 0 atom stereocenters. The smallest absolute Gasteiger partial charge is 0.131 e. The van der Waals surface area contributed by atoms with E-state index in [4.69, 9.17) is 0 Å². The molecule has 0 aliphatic rings. The van der Waals surface area contributed by atoms with E-state index in [1.54, 1.807) is 12.5 Å². The van der Waals surface area contributed by atoms with Gasteiger partial charge in [0.05, 0.1) is 22.7 Å². The molecule has 0 bridgehead atoms. The molecule has 0 aliphatic carbocycles. The molecule has 3 heterocycles. The zero-order valence-electron chi connectivity index (χ0n) is 23.6. The zero-order valence-corrected chi connectivity index (χ0v) is 23.6. The van der Waals surface area contributed by atoms with Crippen molar-refractivity contribution >= 4 is 32.7 Å². The summed E-state index contributed by atoms with van der Waals surface area (Å²) in [7, 11) is 0. The Kier molecular flexibility index (Phi) is 9.21. The van der Waals surface area contributed by atoms with Crippen LogP contribution >= 0.6 is 0 Å². The fraction of sp³-hybridized carbons (Fsp3) is 0.273. The SMILES string of the molecule is CC(C)c1ccc2ccnnc2c1.CC(C)c1ccc2cncnc2c1.CC(C)c1ncc2ccccc2n1. The predicted octanol–water partition coefficient (Wildman–Crippen LogP) is 8.26. The van der Waals surface area contributed by atoms with E-state index in [1.165, 1.54) is 11.1 Å². The van der Waals surface area contributed by atoms with Gasteiger partial charge in [-0.3, -0.25) is 0 Å². The van der Waals surface area contributed by atoms with E-state index in [-0.39, 0.29) is 0 Å². The molecular weight excluding hydrogens is 480 g/mol. The molecule has 198 valence electrons. The Hall–Kier alpha value is -4.32. The second-order valence-corrected chi connectivity index (χ2v) is 10.4. The molecule has 6 aromatic rings. The number of hydrogen-bond acceptors (Lipinski definition) is 6. The maximum atomic E-state index is 4.46. The number of para-hydroxylation sites is 1. The van der Waals surface area contributed by atoms with Gasteiger partial charge in [-0.2, -0.15) is 10.2 Å². The van der Waals surface area contributed by atoms with Crippen molar-refractivity contribution in [3.63, 3.8) is 0 Å². The Morgan fingerprint density at radius 1 is 0.564 bits per heavy atom. The van der Waals surface area contributed by atoms with E-state index in [1.807, 2.05) is 42.7 Å². The minimum Gasteiger partial charge on any atom is -0.244 e. The molecule has 0 radical (unpaired) electrons. The molecule has 0 N–H and O–H groups in total. The molecule has 0 unspecified atom stereocenters. The summed E-state index contributed by atoms with van der Waals surface area (Å²) in [5.74, 6) is 2.41. The molecule has 0 saturated carbocycles. The lowest BCUT2D eigenvalue weighted by molar-refractivity contribution is 0.783. The second kappa shape index (κ2) is 13.0. The highest BCUT2D eigenvalue weighted by atomic mass is 15.1. The quantitative estimate of drug-likeness (QED) is 0.236. The van der Waals surface area contributed by atoms with Gasteiger partial charge in [-0.15, -0.1) is 0 Å². The van der Waals surface area contributed by atoms with Crippen LogP contribution in [0.1, 0.15) is 76.2 Å². The van der Waals surface area contributed by atoms with Crippen LogP contribution in [-0.2, 0) is 0 Å². The fourth-order valence-electron chi connectivity index (χ4n) is 3.97. The van der Waals surface area contributed by atoms with Crippen molar-refractivity contribution in [3.05, 3.63) is 109 Å². The lowest BCUT2D eigenvalue weighted by Gasteiger charge is -2.05. The third-order valence-corrected chi connectivity index (χ3v) is 6.43. The van der Waals surface area contributed by atoms with Gasteiger partial charge in [0.1, 0.15) is 12.2 Å². The van der Waals surface area contributed by atoms with Crippen LogP contribution in [0, 0.1) is 0 Å². The van der Waals surface area contributed by atoms with Crippen molar-refractivity contribution in [1.29, 1.82) is 0 Å². The van der Waals surface area contributed by atoms with E-state index >= 15 is 0 Å². The Morgan fingerprint density at radius 2 is 1.23 bits per heavy atom. The van der Waals surface area contributed by atoms with Gasteiger partial charge in [-0.1, -0.05) is 84.0 Å². The second-order valence-electron chi connectivity index (χ2n) is 10.4. The van der Waals surface area contributed by atoms with E-state index in [0.717, 1.165) is 38.5 Å². The monoisotopic (exact) mass is 516 g/mol. The number of fused-ring (bicyclic) bond motifs is 3. The Morgan fingerprint density at radius 3 is 1.95 bits per heavy atom. The van der Waals surface area contributed by atoms with Crippen molar-refractivity contribution in [1.82, 2.24) is 30.1 Å². The minimum atomic E-state index is 0.393. The van der Waals surface area contributed by atoms with Gasteiger partial charge < -0.3 is 0 Å². The van der Waals surface area contributed by atoms with Gasteiger partial charge in [-0.25, -0.2) is 19.9 Å². The summed E-state index contributed by atoms with van der Waals surface area (Å²) < 4.78 is 0. The number of hydrogen-bond donors (Lipinski definition) is 0. The molecule has 3 aromatic heterocycles. The summed E-state index contributed by atoms with van der Waals surface area (Å²) in [5, 5.41) is 11.3. The zero-order chi connectivity index (χ0) is 27.8. The van der Waals surface area contributed by atoms with Crippen LogP contribution in [0.4, 0.5) is 0 Å². The predicted molar refractivity (Wildman–Crippen MR) is 161 cm³/mol. The number of benzene rings is 3. The van der Waals surface area contributed by atoms with Crippen molar-refractivity contribution < 1.29 is 0 Å². The average Bonchev–Trinajstić information content (AvgIpc) is 2.97. The van der Waals surface area contributed by atoms with Crippen LogP contribution in [0.15, 0.2) is 91.6 Å². The Labute approximate surface area is 230 Å². The largest absolute Gasteiger partial charge is 0.244 e. The highest BCUT2D eigenvalue weighted by Crippen LogP contribution is 2.20. The summed E-state index contributed by atoms with van der Waals surface area (Å²) in [6.07, 6.45) is 7.04. The molecule has 0 amide bonds. The minimum absolute atomic E-state index is 0.393. The molecule has 6 nitrogen and oxygen atoms in total. The molecule has 39 heavy (non-hydrogen) atoms. The normalized spacial score (nSPS) is 11.0. The summed E-state index contributed by atoms with van der Waals surface area (Å²) in [4.78, 5) is 16.9. The molecule has 0 saturated heterocycles. The molecular formula is C33H36N6. The molecule has 6 rings (SSSR count). The lowest BCUT2D eigenvalue weighted by Crippen LogP contribution is -1.96. The van der Waals surface area contributed by atoms with Gasteiger partial charge in [0.2, 0.25) is 0 Å². The van der Waals surface area contributed by atoms with Gasteiger partial charge in [0.25, 0.3) is 0 Å². The molecule has 0 aliphatic heterocycles. The first-order valence-electron chi connectivity index (χ1n) is 13.4. The van der Waals surface area contributed by atoms with Gasteiger partial charge in [0, 0.05) is 34.5 Å². The van der Waals surface area contributed by atoms with Gasteiger partial charge >= 0.3 is 0 Å². The molecule has 0 fully saturated rings. The van der Waals surface area contributed by atoms with Crippen molar-refractivity contribution in [3.8, 4) is 0 Å². The summed E-state index contributed by atoms with van der Waals surface area (Å²) >= 11 is 0. The summed E-state index contributed by atoms with van der Waals surface area (Å²) in [6.45, 7) is 12.9. The van der Waals surface area contributed by atoms with Crippen LogP contribution in [0.5, 0.6) is 0 Å². The van der Waals surface area contributed by atoms with Crippen LogP contribution in [0.25, 0.3) is 32.7 Å². The summed E-state index contributed by atoms with van der Waals surface area (Å²) in [5.41, 5.74) is 5.68. The maximum absolute atomic E-state index is 4.46. The van der Waals surface area contributed by atoms with E-state index in [0.29, 0.717) is 17.8 Å². The van der Waals surface area contributed by atoms with Crippen LogP contribution in [0.2, 0.25) is 0 Å². The fourth-order valence-corrected chi connectivity index (χ4v) is 3.97. The van der Waals surface area contributed by atoms with Crippen LogP contribution < -0.4 is 0 Å². The van der Waals surface area contributed by atoms with Crippen molar-refractivity contribution in [2.75, 3.05) is 0 Å². The Balaban J connectivity index is 0.000000136. The average molecular weight is 517 g/mol. The first kappa shape index (κ1) is 27.7. The first-order valence-corrected chi connectivity index (χ1v) is 13.4. The highest BCUT2D eigenvalue weighted by Gasteiger charge is 2.03. The van der Waals surface area contributed by atoms with E-state index < -0.39 is 0 Å². The third-order valence-electron chi connectivity index (χ3n) is 6.43. The van der Waals surface area contributed by atoms with Gasteiger partial charge in [0.15, 0.2) is 0 Å². The molecule has 6 heteroatoms. The lowest BCUT2D eigenvalue weighted by atomic mass is 10.0. The van der Waals surface area contributed by atoms with E-state index in [9.17, 15) is 0 Å². The summed E-state index contributed by atoms with van der Waals surface area (Å²) in [6, 6.07) is 22.7. The Bertz CT molecular complexity index is 1460. The van der Waals surface area contributed by atoms with Crippen molar-refractivity contribution in [2.24, 2.45) is 0 Å².